The molecule has 1 fully saturated rings. The van der Waals surface area contributed by atoms with Crippen molar-refractivity contribution in [1.82, 2.24) is 20.0 Å². The Balaban J connectivity index is 2.13. The van der Waals surface area contributed by atoms with Crippen LogP contribution in [0.2, 0.25) is 0 Å². The lowest BCUT2D eigenvalue weighted by atomic mass is 9.86. The molecule has 2 unspecified atom stereocenters. The molecule has 2 rings (SSSR count). The topological polar surface area (TPSA) is 33.1 Å². The molecule has 0 bridgehead atoms. The number of aryl methyl sites for hydroxylation is 2. The van der Waals surface area contributed by atoms with Crippen molar-refractivity contribution in [3.63, 3.8) is 0 Å². The van der Waals surface area contributed by atoms with Gasteiger partial charge in [0.2, 0.25) is 0 Å². The Morgan fingerprint density at radius 2 is 2.10 bits per heavy atom. The van der Waals surface area contributed by atoms with E-state index in [0.717, 1.165) is 25.3 Å². The number of hydrogen-bond acceptors (Lipinski definition) is 3. The Morgan fingerprint density at radius 3 is 2.65 bits per heavy atom. The predicted molar refractivity (Wildman–Crippen MR) is 83.7 cm³/mol. The third-order valence-electron chi connectivity index (χ3n) is 4.50. The quantitative estimate of drug-likeness (QED) is 0.901. The molecular weight excluding hydrogens is 248 g/mol. The maximum absolute atomic E-state index is 4.47. The van der Waals surface area contributed by atoms with Crippen molar-refractivity contribution in [2.45, 2.75) is 59.7 Å². The average Bonchev–Trinajstić information content (AvgIpc) is 2.52. The van der Waals surface area contributed by atoms with Gasteiger partial charge >= 0.3 is 0 Å². The summed E-state index contributed by atoms with van der Waals surface area (Å²) in [5.74, 6) is 0. The highest BCUT2D eigenvalue weighted by molar-refractivity contribution is 5.09. The largest absolute Gasteiger partial charge is 0.312 e. The highest BCUT2D eigenvalue weighted by Gasteiger charge is 2.30. The summed E-state index contributed by atoms with van der Waals surface area (Å²) >= 11 is 0. The molecule has 1 aromatic heterocycles. The maximum Gasteiger partial charge on any atom is 0.0597 e. The Hall–Kier alpha value is -0.870. The Labute approximate surface area is 123 Å². The highest BCUT2D eigenvalue weighted by Crippen LogP contribution is 2.24. The van der Waals surface area contributed by atoms with Gasteiger partial charge in [0.1, 0.15) is 0 Å². The monoisotopic (exact) mass is 278 g/mol. The van der Waals surface area contributed by atoms with Crippen LogP contribution < -0.4 is 5.32 Å². The fourth-order valence-electron chi connectivity index (χ4n) is 2.95. The van der Waals surface area contributed by atoms with Crippen LogP contribution in [0.5, 0.6) is 0 Å². The number of rotatable bonds is 2. The zero-order valence-corrected chi connectivity index (χ0v) is 13.9. The average molecular weight is 278 g/mol. The molecule has 1 aromatic rings. The Morgan fingerprint density at radius 1 is 1.40 bits per heavy atom. The minimum atomic E-state index is 0.296. The maximum atomic E-state index is 4.47. The number of hydrogen-bond donors (Lipinski definition) is 1. The fraction of sp³-hybridized carbons (Fsp3) is 0.812. The molecule has 114 valence electrons. The van der Waals surface area contributed by atoms with Gasteiger partial charge in [-0.3, -0.25) is 9.58 Å². The molecule has 0 saturated carbocycles. The lowest BCUT2D eigenvalue weighted by Crippen LogP contribution is -2.47. The molecule has 0 spiro atoms. The van der Waals surface area contributed by atoms with Crippen molar-refractivity contribution >= 4 is 0 Å². The highest BCUT2D eigenvalue weighted by atomic mass is 15.3. The van der Waals surface area contributed by atoms with Gasteiger partial charge in [0.05, 0.1) is 11.4 Å². The fourth-order valence-corrected chi connectivity index (χ4v) is 2.95. The van der Waals surface area contributed by atoms with Gasteiger partial charge in [-0.25, -0.2) is 0 Å². The van der Waals surface area contributed by atoms with E-state index in [1.54, 1.807) is 0 Å². The summed E-state index contributed by atoms with van der Waals surface area (Å²) in [5, 5.41) is 8.19. The van der Waals surface area contributed by atoms with Gasteiger partial charge in [-0.2, -0.15) is 5.10 Å². The van der Waals surface area contributed by atoms with Crippen molar-refractivity contribution in [3.8, 4) is 0 Å². The zero-order chi connectivity index (χ0) is 14.9. The smallest absolute Gasteiger partial charge is 0.0597 e. The summed E-state index contributed by atoms with van der Waals surface area (Å²) in [4.78, 5) is 2.60. The normalized spacial score (nSPS) is 25.7. The SMILES string of the molecule is Cc1cc(CN2CC(C(C)(C)C)NCCC2C)n(C)n1. The molecule has 1 aliphatic rings. The van der Waals surface area contributed by atoms with Crippen molar-refractivity contribution in [2.75, 3.05) is 13.1 Å². The van der Waals surface area contributed by atoms with Crippen LogP contribution in [0.1, 0.15) is 45.5 Å². The zero-order valence-electron chi connectivity index (χ0n) is 13.9. The van der Waals surface area contributed by atoms with Crippen molar-refractivity contribution in [1.29, 1.82) is 0 Å². The molecule has 1 N–H and O–H groups in total. The number of nitrogens with zero attached hydrogens (tertiary/aromatic N) is 3. The third kappa shape index (κ3) is 3.61. The van der Waals surface area contributed by atoms with E-state index in [9.17, 15) is 0 Å². The van der Waals surface area contributed by atoms with Crippen LogP contribution in [0.3, 0.4) is 0 Å². The molecule has 1 aliphatic heterocycles. The first-order valence-corrected chi connectivity index (χ1v) is 7.74. The summed E-state index contributed by atoms with van der Waals surface area (Å²) in [6.45, 7) is 14.6. The van der Waals surface area contributed by atoms with E-state index in [-0.39, 0.29) is 0 Å². The second-order valence-corrected chi connectivity index (χ2v) is 7.34. The van der Waals surface area contributed by atoms with Crippen molar-refractivity contribution < 1.29 is 0 Å². The molecular formula is C16H30N4. The Bertz CT molecular complexity index is 444. The van der Waals surface area contributed by atoms with Crippen LogP contribution in [0.25, 0.3) is 0 Å². The van der Waals surface area contributed by atoms with E-state index < -0.39 is 0 Å². The van der Waals surface area contributed by atoms with E-state index in [2.05, 4.69) is 56.0 Å². The molecule has 0 aliphatic carbocycles. The summed E-state index contributed by atoms with van der Waals surface area (Å²) < 4.78 is 2.02. The summed E-state index contributed by atoms with van der Waals surface area (Å²) in [5.41, 5.74) is 2.71. The molecule has 4 heteroatoms. The van der Waals surface area contributed by atoms with E-state index in [0.29, 0.717) is 17.5 Å². The van der Waals surface area contributed by atoms with Crippen molar-refractivity contribution in [3.05, 3.63) is 17.5 Å². The van der Waals surface area contributed by atoms with Gasteiger partial charge in [-0.15, -0.1) is 0 Å². The lowest BCUT2D eigenvalue weighted by Gasteiger charge is -2.35. The third-order valence-corrected chi connectivity index (χ3v) is 4.50. The first-order valence-electron chi connectivity index (χ1n) is 7.74. The van der Waals surface area contributed by atoms with Gasteiger partial charge in [0.25, 0.3) is 0 Å². The van der Waals surface area contributed by atoms with Gasteiger partial charge in [0.15, 0.2) is 0 Å². The van der Waals surface area contributed by atoms with E-state index in [4.69, 9.17) is 0 Å². The van der Waals surface area contributed by atoms with Gasteiger partial charge in [0, 0.05) is 32.2 Å². The number of aromatic nitrogens is 2. The molecule has 2 atom stereocenters. The molecule has 0 aromatic carbocycles. The van der Waals surface area contributed by atoms with E-state index in [1.165, 1.54) is 12.1 Å². The van der Waals surface area contributed by atoms with Gasteiger partial charge in [-0.1, -0.05) is 20.8 Å². The summed E-state index contributed by atoms with van der Waals surface area (Å²) in [6.07, 6.45) is 1.21. The first-order chi connectivity index (χ1) is 9.27. The molecule has 0 amide bonds. The molecule has 2 heterocycles. The molecule has 20 heavy (non-hydrogen) atoms. The second kappa shape index (κ2) is 5.86. The van der Waals surface area contributed by atoms with Crippen LogP contribution in [0.15, 0.2) is 6.07 Å². The Kier molecular flexibility index (Phi) is 4.55. The molecule has 0 radical (unpaired) electrons. The predicted octanol–water partition coefficient (Wildman–Crippen LogP) is 2.33. The lowest BCUT2D eigenvalue weighted by molar-refractivity contribution is 0.154. The molecule has 4 nitrogen and oxygen atoms in total. The number of nitrogens with one attached hydrogen (secondary N) is 1. The first kappa shape index (κ1) is 15.5. The van der Waals surface area contributed by atoms with Crippen LogP contribution in [0.4, 0.5) is 0 Å². The molecule has 1 saturated heterocycles. The summed E-state index contributed by atoms with van der Waals surface area (Å²) in [6, 6.07) is 3.36. The van der Waals surface area contributed by atoms with Crippen LogP contribution in [-0.2, 0) is 13.6 Å². The van der Waals surface area contributed by atoms with Gasteiger partial charge in [-0.05, 0) is 38.3 Å². The summed E-state index contributed by atoms with van der Waals surface area (Å²) in [7, 11) is 2.05. The van der Waals surface area contributed by atoms with E-state index >= 15 is 0 Å². The van der Waals surface area contributed by atoms with Crippen LogP contribution >= 0.6 is 0 Å². The van der Waals surface area contributed by atoms with Crippen LogP contribution in [0, 0.1) is 12.3 Å². The minimum Gasteiger partial charge on any atom is -0.312 e. The second-order valence-electron chi connectivity index (χ2n) is 7.34. The minimum absolute atomic E-state index is 0.296. The standard InChI is InChI=1S/C16H30N4/c1-12-9-14(19(6)18-12)10-20-11-15(16(3,4)5)17-8-7-13(20)2/h9,13,15,17H,7-8,10-11H2,1-6H3. The van der Waals surface area contributed by atoms with Gasteiger partial charge < -0.3 is 5.32 Å². The van der Waals surface area contributed by atoms with Crippen molar-refractivity contribution in [2.24, 2.45) is 12.5 Å². The van der Waals surface area contributed by atoms with E-state index in [1.807, 2.05) is 11.7 Å². The van der Waals surface area contributed by atoms with Crippen LogP contribution in [-0.4, -0.2) is 39.9 Å².